The van der Waals surface area contributed by atoms with Crippen LogP contribution in [-0.4, -0.2) is 72.7 Å². The average molecular weight is 343 g/mol. The molecule has 9 heteroatoms. The summed E-state index contributed by atoms with van der Waals surface area (Å²) in [4.78, 5) is 39.2. The lowest BCUT2D eigenvalue weighted by atomic mass is 9.96. The number of carbonyl (C=O) groups excluding carboxylic acids is 3. The monoisotopic (exact) mass is 343 g/mol. The van der Waals surface area contributed by atoms with E-state index in [1.165, 1.54) is 11.9 Å². The fourth-order valence-corrected chi connectivity index (χ4v) is 5.10. The molecule has 0 unspecified atom stereocenters. The molecular weight excluding hydrogens is 322 g/mol. The second kappa shape index (κ2) is 5.19. The molecular formula is C14H21N3O5S. The van der Waals surface area contributed by atoms with E-state index in [2.05, 4.69) is 5.32 Å². The molecule has 2 saturated heterocycles. The van der Waals surface area contributed by atoms with Crippen LogP contribution < -0.4 is 5.32 Å². The van der Waals surface area contributed by atoms with Crippen molar-refractivity contribution >= 4 is 27.7 Å². The molecule has 0 spiro atoms. The van der Waals surface area contributed by atoms with Gasteiger partial charge in [-0.15, -0.1) is 0 Å². The summed E-state index contributed by atoms with van der Waals surface area (Å²) in [6.07, 6.45) is 2.18. The fraction of sp³-hybridized carbons (Fsp3) is 0.786. The maximum atomic E-state index is 12.5. The molecule has 0 radical (unpaired) electrons. The predicted molar refractivity (Wildman–Crippen MR) is 81.2 cm³/mol. The number of nitrogens with zero attached hydrogens (tertiary/aromatic N) is 2. The Morgan fingerprint density at radius 3 is 2.52 bits per heavy atom. The largest absolute Gasteiger partial charge is 0.340 e. The first-order valence-electron chi connectivity index (χ1n) is 7.74. The second-order valence-electron chi connectivity index (χ2n) is 6.86. The van der Waals surface area contributed by atoms with Crippen LogP contribution in [-0.2, 0) is 19.4 Å². The van der Waals surface area contributed by atoms with Crippen LogP contribution in [0.5, 0.6) is 0 Å². The molecule has 0 aromatic carbocycles. The van der Waals surface area contributed by atoms with Gasteiger partial charge in [0.1, 0.15) is 12.1 Å². The van der Waals surface area contributed by atoms with Gasteiger partial charge in [-0.25, -0.2) is 13.2 Å². The molecule has 0 aromatic rings. The van der Waals surface area contributed by atoms with Crippen molar-refractivity contribution in [3.63, 3.8) is 0 Å². The van der Waals surface area contributed by atoms with Crippen LogP contribution in [0.1, 0.15) is 26.2 Å². The minimum atomic E-state index is -3.10. The highest BCUT2D eigenvalue weighted by atomic mass is 32.2. The quantitative estimate of drug-likeness (QED) is 0.683. The van der Waals surface area contributed by atoms with E-state index >= 15 is 0 Å². The molecule has 0 aromatic heterocycles. The maximum Gasteiger partial charge on any atom is 0.325 e. The number of imide groups is 1. The van der Waals surface area contributed by atoms with Crippen molar-refractivity contribution < 1.29 is 22.8 Å². The van der Waals surface area contributed by atoms with E-state index in [1.54, 1.807) is 6.92 Å². The van der Waals surface area contributed by atoms with Gasteiger partial charge in [-0.1, -0.05) is 0 Å². The summed E-state index contributed by atoms with van der Waals surface area (Å²) in [5.74, 6) is -0.647. The molecule has 2 atom stereocenters. The third kappa shape index (κ3) is 2.82. The van der Waals surface area contributed by atoms with Crippen molar-refractivity contribution in [3.8, 4) is 0 Å². The van der Waals surface area contributed by atoms with Crippen LogP contribution in [0.2, 0.25) is 0 Å². The molecule has 3 fully saturated rings. The SMILES string of the molecule is CN(C(=O)CN1C(=O)N[C@](C)(C2CC2)C1=O)[C@@H]1CCS(=O)(=O)C1. The van der Waals surface area contributed by atoms with Gasteiger partial charge in [-0.2, -0.15) is 0 Å². The molecule has 3 aliphatic rings. The van der Waals surface area contributed by atoms with Gasteiger partial charge in [-0.3, -0.25) is 14.5 Å². The van der Waals surface area contributed by atoms with Gasteiger partial charge in [0, 0.05) is 13.1 Å². The van der Waals surface area contributed by atoms with E-state index in [4.69, 9.17) is 0 Å². The standard InChI is InChI=1S/C14H21N3O5S/c1-14(9-3-4-9)12(19)17(13(20)15-14)7-11(18)16(2)10-5-6-23(21,22)8-10/h9-10H,3-8H2,1-2H3,(H,15,20)/t10-,14-/m1/s1. The number of rotatable bonds is 4. The zero-order chi connectivity index (χ0) is 17.0. The van der Waals surface area contributed by atoms with Gasteiger partial charge in [0.05, 0.1) is 11.5 Å². The molecule has 0 bridgehead atoms. The number of urea groups is 1. The van der Waals surface area contributed by atoms with E-state index < -0.39 is 27.3 Å². The first-order valence-corrected chi connectivity index (χ1v) is 9.56. The first kappa shape index (κ1) is 16.2. The van der Waals surface area contributed by atoms with Crippen LogP contribution in [0.4, 0.5) is 4.79 Å². The third-order valence-electron chi connectivity index (χ3n) is 5.14. The van der Waals surface area contributed by atoms with Crippen LogP contribution in [0.15, 0.2) is 0 Å². The molecule has 1 saturated carbocycles. The Hall–Kier alpha value is -1.64. The Morgan fingerprint density at radius 1 is 1.35 bits per heavy atom. The third-order valence-corrected chi connectivity index (χ3v) is 6.89. The van der Waals surface area contributed by atoms with Crippen molar-refractivity contribution in [2.24, 2.45) is 5.92 Å². The Balaban J connectivity index is 1.66. The zero-order valence-electron chi connectivity index (χ0n) is 13.2. The van der Waals surface area contributed by atoms with Crippen LogP contribution in [0, 0.1) is 5.92 Å². The summed E-state index contributed by atoms with van der Waals surface area (Å²) < 4.78 is 23.0. The van der Waals surface area contributed by atoms with Crippen LogP contribution in [0.25, 0.3) is 0 Å². The zero-order valence-corrected chi connectivity index (χ0v) is 14.1. The normalized spacial score (nSPS) is 33.0. The number of hydrogen-bond donors (Lipinski definition) is 1. The van der Waals surface area contributed by atoms with Crippen molar-refractivity contribution in [1.82, 2.24) is 15.1 Å². The smallest absolute Gasteiger partial charge is 0.325 e. The number of hydrogen-bond acceptors (Lipinski definition) is 5. The average Bonchev–Trinajstić information content (AvgIpc) is 3.23. The minimum Gasteiger partial charge on any atom is -0.340 e. The lowest BCUT2D eigenvalue weighted by Crippen LogP contribution is -2.48. The summed E-state index contributed by atoms with van der Waals surface area (Å²) in [7, 11) is -1.58. The molecule has 4 amide bonds. The second-order valence-corrected chi connectivity index (χ2v) is 9.09. The van der Waals surface area contributed by atoms with E-state index in [-0.39, 0.29) is 35.9 Å². The fourth-order valence-electron chi connectivity index (χ4n) is 3.33. The number of carbonyl (C=O) groups is 3. The van der Waals surface area contributed by atoms with Crippen molar-refractivity contribution in [2.75, 3.05) is 25.1 Å². The molecule has 23 heavy (non-hydrogen) atoms. The Kier molecular flexibility index (Phi) is 3.66. The highest BCUT2D eigenvalue weighted by molar-refractivity contribution is 7.91. The van der Waals surface area contributed by atoms with Crippen molar-refractivity contribution in [1.29, 1.82) is 0 Å². The molecule has 2 aliphatic heterocycles. The van der Waals surface area contributed by atoms with Gasteiger partial charge in [0.2, 0.25) is 5.91 Å². The molecule has 8 nitrogen and oxygen atoms in total. The van der Waals surface area contributed by atoms with Gasteiger partial charge in [-0.05, 0) is 32.1 Å². The Labute approximate surface area is 135 Å². The number of amides is 4. The van der Waals surface area contributed by atoms with Gasteiger partial charge < -0.3 is 10.2 Å². The number of sulfone groups is 1. The van der Waals surface area contributed by atoms with E-state index in [1.807, 2.05) is 0 Å². The highest BCUT2D eigenvalue weighted by Gasteiger charge is 2.56. The molecule has 1 aliphatic carbocycles. The summed E-state index contributed by atoms with van der Waals surface area (Å²) in [5.41, 5.74) is -0.910. The number of likely N-dealkylation sites (N-methyl/N-ethyl adjacent to an activating group) is 1. The van der Waals surface area contributed by atoms with Crippen molar-refractivity contribution in [3.05, 3.63) is 0 Å². The van der Waals surface area contributed by atoms with Gasteiger partial charge in [0.15, 0.2) is 9.84 Å². The molecule has 128 valence electrons. The number of nitrogens with one attached hydrogen (secondary N) is 1. The predicted octanol–water partition coefficient (Wildman–Crippen LogP) is -0.648. The van der Waals surface area contributed by atoms with Crippen LogP contribution >= 0.6 is 0 Å². The van der Waals surface area contributed by atoms with Gasteiger partial charge in [0.25, 0.3) is 5.91 Å². The first-order chi connectivity index (χ1) is 10.6. The minimum absolute atomic E-state index is 0.0603. The maximum absolute atomic E-state index is 12.5. The molecule has 2 heterocycles. The van der Waals surface area contributed by atoms with E-state index in [0.29, 0.717) is 6.42 Å². The summed E-state index contributed by atoms with van der Waals surface area (Å²) in [6.45, 7) is 1.35. The Morgan fingerprint density at radius 2 is 2.00 bits per heavy atom. The topological polar surface area (TPSA) is 104 Å². The summed E-state index contributed by atoms with van der Waals surface area (Å²) >= 11 is 0. The molecule has 3 rings (SSSR count). The molecule has 1 N–H and O–H groups in total. The van der Waals surface area contributed by atoms with E-state index in [0.717, 1.165) is 17.7 Å². The summed E-state index contributed by atoms with van der Waals surface area (Å²) in [5, 5.41) is 2.69. The lowest BCUT2D eigenvalue weighted by molar-refractivity contribution is -0.139. The summed E-state index contributed by atoms with van der Waals surface area (Å²) in [6, 6.07) is -0.937. The Bertz CT molecular complexity index is 672. The highest BCUT2D eigenvalue weighted by Crippen LogP contribution is 2.42. The van der Waals surface area contributed by atoms with Gasteiger partial charge >= 0.3 is 6.03 Å². The van der Waals surface area contributed by atoms with Crippen LogP contribution in [0.3, 0.4) is 0 Å². The van der Waals surface area contributed by atoms with Crippen molar-refractivity contribution in [2.45, 2.75) is 37.8 Å². The lowest BCUT2D eigenvalue weighted by Gasteiger charge is -2.25. The van der Waals surface area contributed by atoms with E-state index in [9.17, 15) is 22.8 Å².